The van der Waals surface area contributed by atoms with Gasteiger partial charge in [-0.1, -0.05) is 51.2 Å². The molecule has 0 amide bonds. The topological polar surface area (TPSA) is 12.0 Å². The minimum Gasteiger partial charge on any atom is -0.313 e. The Hall–Kier alpha value is -0.410. The molecule has 1 aromatic carbocycles. The van der Waals surface area contributed by atoms with E-state index in [2.05, 4.69) is 28.2 Å². The Morgan fingerprint density at radius 2 is 2.00 bits per heavy atom. The SMILES string of the molecule is CCCCC1CCC(C(NC)c2cccc(Br)c2F)CC1. The van der Waals surface area contributed by atoms with E-state index in [1.54, 1.807) is 6.07 Å². The Kier molecular flexibility index (Phi) is 6.69. The summed E-state index contributed by atoms with van der Waals surface area (Å²) in [5.41, 5.74) is 0.809. The molecular weight excluding hydrogens is 329 g/mol. The number of rotatable bonds is 6. The number of unbranched alkanes of at least 4 members (excludes halogenated alkanes) is 1. The van der Waals surface area contributed by atoms with Crippen molar-refractivity contribution in [3.05, 3.63) is 34.1 Å². The molecule has 1 aliphatic carbocycles. The van der Waals surface area contributed by atoms with Crippen LogP contribution in [0.15, 0.2) is 22.7 Å². The fraction of sp³-hybridized carbons (Fsp3) is 0.667. The van der Waals surface area contributed by atoms with E-state index in [1.165, 1.54) is 44.9 Å². The summed E-state index contributed by atoms with van der Waals surface area (Å²) in [6.45, 7) is 2.26. The molecule has 0 saturated heterocycles. The maximum Gasteiger partial charge on any atom is 0.142 e. The van der Waals surface area contributed by atoms with E-state index in [-0.39, 0.29) is 11.9 Å². The van der Waals surface area contributed by atoms with Crippen molar-refractivity contribution in [3.63, 3.8) is 0 Å². The van der Waals surface area contributed by atoms with Crippen LogP contribution in [0.1, 0.15) is 63.5 Å². The van der Waals surface area contributed by atoms with E-state index < -0.39 is 0 Å². The van der Waals surface area contributed by atoms with Gasteiger partial charge in [-0.05, 0) is 53.7 Å². The first-order valence-electron chi connectivity index (χ1n) is 8.28. The molecule has 0 bridgehead atoms. The van der Waals surface area contributed by atoms with Gasteiger partial charge in [-0.2, -0.15) is 0 Å². The molecule has 1 aromatic rings. The molecule has 21 heavy (non-hydrogen) atoms. The van der Waals surface area contributed by atoms with Crippen LogP contribution in [0.2, 0.25) is 0 Å². The van der Waals surface area contributed by atoms with Gasteiger partial charge in [-0.15, -0.1) is 0 Å². The molecule has 1 fully saturated rings. The number of hydrogen-bond acceptors (Lipinski definition) is 1. The highest BCUT2D eigenvalue weighted by Crippen LogP contribution is 2.39. The monoisotopic (exact) mass is 355 g/mol. The molecule has 2 rings (SSSR count). The van der Waals surface area contributed by atoms with Crippen LogP contribution >= 0.6 is 15.9 Å². The summed E-state index contributed by atoms with van der Waals surface area (Å²) in [6.07, 6.45) is 9.06. The van der Waals surface area contributed by atoms with Gasteiger partial charge in [-0.3, -0.25) is 0 Å². The molecule has 1 N–H and O–H groups in total. The van der Waals surface area contributed by atoms with Gasteiger partial charge in [0, 0.05) is 11.6 Å². The third-order valence-electron chi connectivity index (χ3n) is 4.96. The fourth-order valence-electron chi connectivity index (χ4n) is 3.71. The minimum absolute atomic E-state index is 0.107. The van der Waals surface area contributed by atoms with Crippen LogP contribution in [-0.4, -0.2) is 7.05 Å². The van der Waals surface area contributed by atoms with Gasteiger partial charge in [0.05, 0.1) is 4.47 Å². The van der Waals surface area contributed by atoms with Gasteiger partial charge in [0.25, 0.3) is 0 Å². The first-order valence-corrected chi connectivity index (χ1v) is 9.07. The molecule has 0 aliphatic heterocycles. The zero-order valence-electron chi connectivity index (χ0n) is 13.2. The molecule has 1 nitrogen and oxygen atoms in total. The van der Waals surface area contributed by atoms with Gasteiger partial charge in [0.1, 0.15) is 5.82 Å². The zero-order valence-corrected chi connectivity index (χ0v) is 14.8. The predicted molar refractivity (Wildman–Crippen MR) is 90.9 cm³/mol. The van der Waals surface area contributed by atoms with Gasteiger partial charge in [0.2, 0.25) is 0 Å². The van der Waals surface area contributed by atoms with E-state index in [1.807, 2.05) is 19.2 Å². The third kappa shape index (κ3) is 4.29. The van der Waals surface area contributed by atoms with Gasteiger partial charge >= 0.3 is 0 Å². The number of benzene rings is 1. The van der Waals surface area contributed by atoms with Crippen molar-refractivity contribution in [2.24, 2.45) is 11.8 Å². The lowest BCUT2D eigenvalue weighted by Crippen LogP contribution is -2.29. The lowest BCUT2D eigenvalue weighted by atomic mass is 9.75. The highest BCUT2D eigenvalue weighted by Gasteiger charge is 2.29. The predicted octanol–water partition coefficient (Wildman–Crippen LogP) is 5.85. The average Bonchev–Trinajstić information content (AvgIpc) is 2.51. The van der Waals surface area contributed by atoms with Crippen LogP contribution in [0.25, 0.3) is 0 Å². The van der Waals surface area contributed by atoms with Gasteiger partial charge in [-0.25, -0.2) is 4.39 Å². The summed E-state index contributed by atoms with van der Waals surface area (Å²) in [7, 11) is 1.95. The van der Waals surface area contributed by atoms with Crippen LogP contribution in [0.5, 0.6) is 0 Å². The lowest BCUT2D eigenvalue weighted by Gasteiger charge is -2.34. The van der Waals surface area contributed by atoms with Crippen molar-refractivity contribution in [1.82, 2.24) is 5.32 Å². The summed E-state index contributed by atoms with van der Waals surface area (Å²) in [5, 5.41) is 3.35. The fourth-order valence-corrected chi connectivity index (χ4v) is 4.09. The Labute approximate surface area is 136 Å². The molecule has 3 heteroatoms. The second-order valence-corrected chi connectivity index (χ2v) is 7.19. The average molecular weight is 356 g/mol. The lowest BCUT2D eigenvalue weighted by molar-refractivity contribution is 0.215. The van der Waals surface area contributed by atoms with E-state index >= 15 is 0 Å². The molecule has 1 atom stereocenters. The van der Waals surface area contributed by atoms with Crippen LogP contribution < -0.4 is 5.32 Å². The largest absolute Gasteiger partial charge is 0.313 e. The molecule has 0 aromatic heterocycles. The summed E-state index contributed by atoms with van der Waals surface area (Å²) in [5.74, 6) is 1.34. The Balaban J connectivity index is 2.01. The first-order chi connectivity index (χ1) is 10.2. The van der Waals surface area contributed by atoms with Crippen molar-refractivity contribution >= 4 is 15.9 Å². The van der Waals surface area contributed by atoms with Crippen molar-refractivity contribution in [2.45, 2.75) is 57.9 Å². The summed E-state index contributed by atoms with van der Waals surface area (Å²) < 4.78 is 14.9. The highest BCUT2D eigenvalue weighted by molar-refractivity contribution is 9.10. The Morgan fingerprint density at radius 3 is 2.62 bits per heavy atom. The molecule has 0 spiro atoms. The maximum atomic E-state index is 14.4. The third-order valence-corrected chi connectivity index (χ3v) is 5.57. The molecular formula is C18H27BrFN. The second kappa shape index (κ2) is 8.28. The van der Waals surface area contributed by atoms with E-state index in [0.717, 1.165) is 11.5 Å². The minimum atomic E-state index is -0.107. The van der Waals surface area contributed by atoms with E-state index in [0.29, 0.717) is 10.4 Å². The van der Waals surface area contributed by atoms with Crippen LogP contribution in [0.4, 0.5) is 4.39 Å². The van der Waals surface area contributed by atoms with Crippen LogP contribution in [0.3, 0.4) is 0 Å². The van der Waals surface area contributed by atoms with Crippen molar-refractivity contribution < 1.29 is 4.39 Å². The van der Waals surface area contributed by atoms with E-state index in [4.69, 9.17) is 0 Å². The summed E-state index contributed by atoms with van der Waals surface area (Å²) in [4.78, 5) is 0. The van der Waals surface area contributed by atoms with Crippen molar-refractivity contribution in [1.29, 1.82) is 0 Å². The molecule has 1 unspecified atom stereocenters. The summed E-state index contributed by atoms with van der Waals surface area (Å²) >= 11 is 3.30. The molecule has 0 radical (unpaired) electrons. The highest BCUT2D eigenvalue weighted by atomic mass is 79.9. The molecule has 1 aliphatic rings. The normalized spacial score (nSPS) is 24.0. The number of nitrogens with one attached hydrogen (secondary N) is 1. The first kappa shape index (κ1) is 17.0. The quantitative estimate of drug-likeness (QED) is 0.675. The molecule has 118 valence electrons. The van der Waals surface area contributed by atoms with Crippen LogP contribution in [0, 0.1) is 17.7 Å². The smallest absolute Gasteiger partial charge is 0.142 e. The summed E-state index contributed by atoms with van der Waals surface area (Å²) in [6, 6.07) is 5.76. The van der Waals surface area contributed by atoms with Gasteiger partial charge in [0.15, 0.2) is 0 Å². The van der Waals surface area contributed by atoms with Crippen molar-refractivity contribution in [3.8, 4) is 0 Å². The van der Waals surface area contributed by atoms with Crippen LogP contribution in [-0.2, 0) is 0 Å². The Morgan fingerprint density at radius 1 is 1.29 bits per heavy atom. The molecule has 0 heterocycles. The maximum absolute atomic E-state index is 14.4. The molecule has 1 saturated carbocycles. The Bertz CT molecular complexity index is 441. The zero-order chi connectivity index (χ0) is 15.2. The van der Waals surface area contributed by atoms with Crippen molar-refractivity contribution in [2.75, 3.05) is 7.05 Å². The standard InChI is InChI=1S/C18H27BrFN/c1-3-4-6-13-9-11-14(12-10-13)18(21-2)15-7-5-8-16(19)17(15)20/h5,7-8,13-14,18,21H,3-4,6,9-12H2,1-2H3. The second-order valence-electron chi connectivity index (χ2n) is 6.33. The number of hydrogen-bond donors (Lipinski definition) is 1. The van der Waals surface area contributed by atoms with Gasteiger partial charge < -0.3 is 5.32 Å². The number of halogens is 2. The van der Waals surface area contributed by atoms with E-state index in [9.17, 15) is 4.39 Å².